The number of esters is 2. The Hall–Kier alpha value is -3.55. The highest BCUT2D eigenvalue weighted by molar-refractivity contribution is 6.04. The molecule has 1 aliphatic rings. The van der Waals surface area contributed by atoms with E-state index in [-0.39, 0.29) is 11.1 Å². The van der Waals surface area contributed by atoms with Gasteiger partial charge in [0.2, 0.25) is 0 Å². The van der Waals surface area contributed by atoms with Gasteiger partial charge in [-0.2, -0.15) is 0 Å². The second-order valence-electron chi connectivity index (χ2n) is 5.93. The Morgan fingerprint density at radius 1 is 0.964 bits per heavy atom. The predicted molar refractivity (Wildman–Crippen MR) is 98.7 cm³/mol. The highest BCUT2D eigenvalue weighted by atomic mass is 16.6. The molecule has 0 spiro atoms. The molecule has 2 aromatic carbocycles. The third-order valence-electron chi connectivity index (χ3n) is 4.02. The second kappa shape index (κ2) is 8.43. The SMILES string of the molecule is COC(=O)c1ccccc1C(=O)OC(C)C(=O)Nc1ccc2c(c1)OCCO2. The van der Waals surface area contributed by atoms with Crippen molar-refractivity contribution in [2.24, 2.45) is 0 Å². The Bertz CT molecular complexity index is 909. The molecule has 1 amide bonds. The number of benzene rings is 2. The van der Waals surface area contributed by atoms with Crippen LogP contribution in [0.1, 0.15) is 27.6 Å². The van der Waals surface area contributed by atoms with Gasteiger partial charge in [-0.3, -0.25) is 4.79 Å². The number of nitrogens with one attached hydrogen (secondary N) is 1. The van der Waals surface area contributed by atoms with Crippen LogP contribution in [0.5, 0.6) is 11.5 Å². The van der Waals surface area contributed by atoms with Gasteiger partial charge in [0.1, 0.15) is 13.2 Å². The number of methoxy groups -OCH3 is 1. The van der Waals surface area contributed by atoms with Crippen molar-refractivity contribution in [1.29, 1.82) is 0 Å². The van der Waals surface area contributed by atoms with E-state index in [2.05, 4.69) is 10.1 Å². The Morgan fingerprint density at radius 3 is 2.29 bits per heavy atom. The summed E-state index contributed by atoms with van der Waals surface area (Å²) >= 11 is 0. The summed E-state index contributed by atoms with van der Waals surface area (Å²) in [6, 6.07) is 11.0. The third kappa shape index (κ3) is 4.22. The van der Waals surface area contributed by atoms with Gasteiger partial charge in [0.15, 0.2) is 17.6 Å². The molecule has 0 fully saturated rings. The number of rotatable bonds is 5. The maximum Gasteiger partial charge on any atom is 0.339 e. The smallest absolute Gasteiger partial charge is 0.339 e. The van der Waals surface area contributed by atoms with Gasteiger partial charge in [0.25, 0.3) is 5.91 Å². The maximum atomic E-state index is 12.4. The third-order valence-corrected chi connectivity index (χ3v) is 4.02. The van der Waals surface area contributed by atoms with Crippen molar-refractivity contribution in [2.45, 2.75) is 13.0 Å². The van der Waals surface area contributed by atoms with Gasteiger partial charge < -0.3 is 24.3 Å². The van der Waals surface area contributed by atoms with E-state index in [4.69, 9.17) is 14.2 Å². The molecule has 1 atom stereocenters. The normalized spacial score (nSPS) is 13.2. The van der Waals surface area contributed by atoms with Crippen LogP contribution >= 0.6 is 0 Å². The standard InChI is InChI=1S/C20H19NO7/c1-12(28-20(24)15-6-4-3-5-14(15)19(23)25-2)18(22)21-13-7-8-16-17(11-13)27-10-9-26-16/h3-8,11-12H,9-10H2,1-2H3,(H,21,22). The fraction of sp³-hybridized carbons (Fsp3) is 0.250. The molecule has 8 heteroatoms. The van der Waals surface area contributed by atoms with Crippen molar-refractivity contribution >= 4 is 23.5 Å². The van der Waals surface area contributed by atoms with Crippen molar-refractivity contribution in [3.63, 3.8) is 0 Å². The van der Waals surface area contributed by atoms with Gasteiger partial charge in [-0.15, -0.1) is 0 Å². The van der Waals surface area contributed by atoms with E-state index < -0.39 is 23.9 Å². The Labute approximate surface area is 161 Å². The van der Waals surface area contributed by atoms with Gasteiger partial charge in [0, 0.05) is 11.8 Å². The van der Waals surface area contributed by atoms with Gasteiger partial charge >= 0.3 is 11.9 Å². The van der Waals surface area contributed by atoms with E-state index in [0.717, 1.165) is 0 Å². The highest BCUT2D eigenvalue weighted by Crippen LogP contribution is 2.32. The van der Waals surface area contributed by atoms with Gasteiger partial charge in [0.05, 0.1) is 18.2 Å². The largest absolute Gasteiger partial charge is 0.486 e. The average Bonchev–Trinajstić information content (AvgIpc) is 2.72. The van der Waals surface area contributed by atoms with Crippen molar-refractivity contribution in [2.75, 3.05) is 25.6 Å². The molecule has 0 aliphatic carbocycles. The molecule has 2 aromatic rings. The molecule has 8 nitrogen and oxygen atoms in total. The summed E-state index contributed by atoms with van der Waals surface area (Å²) in [4.78, 5) is 36.6. The lowest BCUT2D eigenvalue weighted by molar-refractivity contribution is -0.123. The van der Waals surface area contributed by atoms with Gasteiger partial charge in [-0.25, -0.2) is 9.59 Å². The number of hydrogen-bond acceptors (Lipinski definition) is 7. The first-order valence-electron chi connectivity index (χ1n) is 8.58. The van der Waals surface area contributed by atoms with Crippen LogP contribution in [0.15, 0.2) is 42.5 Å². The first-order chi connectivity index (χ1) is 13.5. The molecule has 0 aromatic heterocycles. The number of carbonyl (C=O) groups excluding carboxylic acids is 3. The van der Waals surface area contributed by atoms with Crippen LogP contribution < -0.4 is 14.8 Å². The van der Waals surface area contributed by atoms with E-state index in [9.17, 15) is 14.4 Å². The van der Waals surface area contributed by atoms with E-state index >= 15 is 0 Å². The van der Waals surface area contributed by atoms with E-state index in [1.165, 1.54) is 26.2 Å². The number of carbonyl (C=O) groups is 3. The number of fused-ring (bicyclic) bond motifs is 1. The van der Waals surface area contributed by atoms with Crippen molar-refractivity contribution < 1.29 is 33.3 Å². The summed E-state index contributed by atoms with van der Waals surface area (Å²) in [7, 11) is 1.22. The topological polar surface area (TPSA) is 100 Å². The summed E-state index contributed by atoms with van der Waals surface area (Å²) in [5.41, 5.74) is 0.565. The Kier molecular flexibility index (Phi) is 5.78. The monoisotopic (exact) mass is 385 g/mol. The summed E-state index contributed by atoms with van der Waals surface area (Å²) in [5, 5.41) is 2.65. The molecular weight excluding hydrogens is 366 g/mol. The van der Waals surface area contributed by atoms with E-state index in [1.54, 1.807) is 30.3 Å². The summed E-state index contributed by atoms with van der Waals surface area (Å²) in [6.07, 6.45) is -1.09. The predicted octanol–water partition coefficient (Wildman–Crippen LogP) is 2.43. The first kappa shape index (κ1) is 19.2. The summed E-state index contributed by atoms with van der Waals surface area (Å²) in [5.74, 6) is -0.865. The molecule has 1 unspecified atom stereocenters. The Balaban J connectivity index is 1.66. The zero-order chi connectivity index (χ0) is 20.1. The minimum Gasteiger partial charge on any atom is -0.486 e. The van der Waals surface area contributed by atoms with Crippen molar-refractivity contribution in [3.8, 4) is 11.5 Å². The van der Waals surface area contributed by atoms with E-state index in [1.807, 2.05) is 0 Å². The molecule has 146 valence electrons. The summed E-state index contributed by atoms with van der Waals surface area (Å²) in [6.45, 7) is 2.34. The van der Waals surface area contributed by atoms with Crippen molar-refractivity contribution in [1.82, 2.24) is 0 Å². The van der Waals surface area contributed by atoms with Crippen LogP contribution in [0, 0.1) is 0 Å². The minimum absolute atomic E-state index is 0.0216. The van der Waals surface area contributed by atoms with Crippen molar-refractivity contribution in [3.05, 3.63) is 53.6 Å². The number of anilines is 1. The molecule has 0 radical (unpaired) electrons. The number of amides is 1. The molecule has 0 saturated heterocycles. The molecule has 1 aliphatic heterocycles. The quantitative estimate of drug-likeness (QED) is 0.789. The minimum atomic E-state index is -1.09. The maximum absolute atomic E-state index is 12.4. The van der Waals surface area contributed by atoms with Crippen LogP contribution in [-0.4, -0.2) is 44.3 Å². The molecule has 1 N–H and O–H groups in total. The Morgan fingerprint density at radius 2 is 1.61 bits per heavy atom. The molecule has 1 heterocycles. The van der Waals surface area contributed by atoms with Crippen LogP contribution in [-0.2, 0) is 14.3 Å². The zero-order valence-corrected chi connectivity index (χ0v) is 15.4. The average molecular weight is 385 g/mol. The molecule has 3 rings (SSSR count). The fourth-order valence-electron chi connectivity index (χ4n) is 2.59. The first-order valence-corrected chi connectivity index (χ1v) is 8.58. The van der Waals surface area contributed by atoms with Crippen LogP contribution in [0.25, 0.3) is 0 Å². The fourth-order valence-corrected chi connectivity index (χ4v) is 2.59. The van der Waals surface area contributed by atoms with E-state index in [0.29, 0.717) is 30.4 Å². The molecular formula is C20H19NO7. The lowest BCUT2D eigenvalue weighted by atomic mass is 10.1. The lowest BCUT2D eigenvalue weighted by Crippen LogP contribution is -2.30. The van der Waals surface area contributed by atoms with Gasteiger partial charge in [-0.1, -0.05) is 12.1 Å². The van der Waals surface area contributed by atoms with Crippen LogP contribution in [0.3, 0.4) is 0 Å². The zero-order valence-electron chi connectivity index (χ0n) is 15.4. The lowest BCUT2D eigenvalue weighted by Gasteiger charge is -2.19. The molecule has 28 heavy (non-hydrogen) atoms. The molecule has 0 saturated carbocycles. The van der Waals surface area contributed by atoms with Gasteiger partial charge in [-0.05, 0) is 31.2 Å². The number of hydrogen-bond donors (Lipinski definition) is 1. The number of ether oxygens (including phenoxy) is 4. The molecule has 0 bridgehead atoms. The summed E-state index contributed by atoms with van der Waals surface area (Å²) < 4.78 is 20.8. The highest BCUT2D eigenvalue weighted by Gasteiger charge is 2.23. The second-order valence-corrected chi connectivity index (χ2v) is 5.93. The van der Waals surface area contributed by atoms with Crippen LogP contribution in [0.4, 0.5) is 5.69 Å². The van der Waals surface area contributed by atoms with Crippen LogP contribution in [0.2, 0.25) is 0 Å².